The highest BCUT2D eigenvalue weighted by molar-refractivity contribution is 8.04. The Morgan fingerprint density at radius 3 is 1.54 bits per heavy atom. The highest BCUT2D eigenvalue weighted by Gasteiger charge is 2.58. The number of β-lactam (4-membered cyclic amide) rings is 2. The highest BCUT2D eigenvalue weighted by Crippen LogP contribution is 2.53. The zero-order valence-electron chi connectivity index (χ0n) is 24.3. The molecule has 228 valence electrons. The Labute approximate surface area is 247 Å². The first kappa shape index (κ1) is 33.0. The van der Waals surface area contributed by atoms with E-state index in [2.05, 4.69) is 0 Å². The number of hydrogen-bond donors (Lipinski definition) is 4. The average Bonchev–Trinajstić information content (AvgIpc) is 3.28. The van der Waals surface area contributed by atoms with Gasteiger partial charge < -0.3 is 25.2 Å². The van der Waals surface area contributed by atoms with E-state index in [1.807, 2.05) is 20.8 Å². The molecule has 41 heavy (non-hydrogen) atoms. The second-order valence-corrected chi connectivity index (χ2v) is 15.1. The van der Waals surface area contributed by atoms with E-state index in [0.29, 0.717) is 11.3 Å². The summed E-state index contributed by atoms with van der Waals surface area (Å²) in [4.78, 5) is 62.1. The minimum absolute atomic E-state index is 0.0443. The topological polar surface area (TPSA) is 182 Å². The van der Waals surface area contributed by atoms with E-state index in [0.717, 1.165) is 21.6 Å². The maximum Gasteiger partial charge on any atom is 0.353 e. The smallest absolute Gasteiger partial charge is 0.353 e. The second kappa shape index (κ2) is 11.6. The lowest BCUT2D eigenvalue weighted by Gasteiger charge is -2.43. The fourth-order valence-electron chi connectivity index (χ4n) is 4.76. The number of nitrogens with zero attached hydrogens (tertiary/aromatic N) is 2. The number of allylic oxidation sites excluding steroid dienone is 1. The van der Waals surface area contributed by atoms with E-state index in [1.165, 1.54) is 23.6 Å². The number of aliphatic hydroxyl groups is 2. The Kier molecular flexibility index (Phi) is 9.34. The maximum atomic E-state index is 12.0. The van der Waals surface area contributed by atoms with Crippen molar-refractivity contribution < 1.29 is 49.1 Å². The van der Waals surface area contributed by atoms with Crippen molar-refractivity contribution in [1.29, 1.82) is 0 Å². The van der Waals surface area contributed by atoms with Gasteiger partial charge in [-0.1, -0.05) is 32.5 Å². The third kappa shape index (κ3) is 6.45. The van der Waals surface area contributed by atoms with Crippen LogP contribution in [0.3, 0.4) is 0 Å². The molecular formula is C27H38N2O10S2. The van der Waals surface area contributed by atoms with Crippen LogP contribution in [0.25, 0.3) is 0 Å². The number of carbonyl (C=O) groups excluding carboxylic acids is 3. The van der Waals surface area contributed by atoms with Gasteiger partial charge in [-0.3, -0.25) is 24.2 Å². The molecule has 0 saturated carbocycles. The molecule has 6 atom stereocenters. The third-order valence-electron chi connectivity index (χ3n) is 6.79. The number of aliphatic hydroxyl groups excluding tert-OH is 2. The first-order valence-corrected chi connectivity index (χ1v) is 14.9. The van der Waals surface area contributed by atoms with E-state index in [-0.39, 0.29) is 34.7 Å². The van der Waals surface area contributed by atoms with Crippen molar-refractivity contribution >= 4 is 53.2 Å². The molecule has 2 fully saturated rings. The first-order chi connectivity index (χ1) is 18.7. The minimum Gasteiger partial charge on any atom is -0.477 e. The number of carboxylic acids is 2. The van der Waals surface area contributed by atoms with Crippen molar-refractivity contribution in [3.8, 4) is 0 Å². The molecule has 0 unspecified atom stereocenters. The number of fused-ring (bicyclic) bond motifs is 2. The number of carboxylic acid groups (broad SMARTS) is 2. The van der Waals surface area contributed by atoms with Crippen molar-refractivity contribution in [3.63, 3.8) is 0 Å². The lowest BCUT2D eigenvalue weighted by atomic mass is 9.90. The normalized spacial score (nSPS) is 26.9. The summed E-state index contributed by atoms with van der Waals surface area (Å²) in [5.74, 6) is -4.57. The molecule has 0 aromatic carbocycles. The van der Waals surface area contributed by atoms with Crippen LogP contribution in [0.15, 0.2) is 21.2 Å². The molecule has 0 spiro atoms. The number of rotatable bonds is 7. The fraction of sp³-hybridized carbons (Fsp3) is 0.667. The molecule has 4 aliphatic rings. The first-order valence-electron chi connectivity index (χ1n) is 13.1. The average molecular weight is 615 g/mol. The molecule has 0 radical (unpaired) electrons. The van der Waals surface area contributed by atoms with Gasteiger partial charge in [-0.15, -0.1) is 11.8 Å². The summed E-state index contributed by atoms with van der Waals surface area (Å²) in [5.41, 5.74) is -0.785. The molecule has 14 heteroatoms. The summed E-state index contributed by atoms with van der Waals surface area (Å²) in [6, 6.07) is 0. The van der Waals surface area contributed by atoms with Crippen LogP contribution in [-0.4, -0.2) is 89.5 Å². The zero-order chi connectivity index (χ0) is 31.4. The monoisotopic (exact) mass is 614 g/mol. The summed E-state index contributed by atoms with van der Waals surface area (Å²) in [6.45, 7) is 14.1. The van der Waals surface area contributed by atoms with Gasteiger partial charge in [-0.2, -0.15) is 0 Å². The number of carbonyl (C=O) groups is 5. The predicted octanol–water partition coefficient (Wildman–Crippen LogP) is 2.41. The summed E-state index contributed by atoms with van der Waals surface area (Å²) in [5, 5.41) is 37.1. The zero-order valence-corrected chi connectivity index (χ0v) is 26.0. The molecule has 4 N–H and O–H groups in total. The van der Waals surface area contributed by atoms with Crippen molar-refractivity contribution in [1.82, 2.24) is 9.80 Å². The van der Waals surface area contributed by atoms with Gasteiger partial charge >= 0.3 is 17.9 Å². The Morgan fingerprint density at radius 2 is 1.20 bits per heavy atom. The number of ether oxygens (including phenoxy) is 1. The van der Waals surface area contributed by atoms with Crippen LogP contribution < -0.4 is 0 Å². The van der Waals surface area contributed by atoms with Crippen LogP contribution in [0, 0.1) is 22.7 Å². The van der Waals surface area contributed by atoms with Gasteiger partial charge in [0.25, 0.3) is 0 Å². The van der Waals surface area contributed by atoms with E-state index >= 15 is 0 Å². The summed E-state index contributed by atoms with van der Waals surface area (Å²) < 4.78 is 5.14. The Balaban J connectivity index is 0.000000228. The number of amides is 2. The molecule has 0 bridgehead atoms. The van der Waals surface area contributed by atoms with Crippen molar-refractivity contribution in [2.24, 2.45) is 22.7 Å². The van der Waals surface area contributed by atoms with Crippen molar-refractivity contribution in [2.75, 3.05) is 6.61 Å². The van der Waals surface area contributed by atoms with Crippen LogP contribution in [-0.2, 0) is 28.7 Å². The summed E-state index contributed by atoms with van der Waals surface area (Å²) in [7, 11) is 0. The van der Waals surface area contributed by atoms with Gasteiger partial charge in [0.15, 0.2) is 0 Å². The molecule has 12 nitrogen and oxygen atoms in total. The molecule has 2 saturated heterocycles. The van der Waals surface area contributed by atoms with Crippen molar-refractivity contribution in [2.45, 2.75) is 84.8 Å². The quantitative estimate of drug-likeness (QED) is 0.243. The summed E-state index contributed by atoms with van der Waals surface area (Å²) >= 11 is 2.56. The molecule has 0 aromatic rings. The minimum atomic E-state index is -1.24. The van der Waals surface area contributed by atoms with E-state index in [1.54, 1.807) is 27.7 Å². The van der Waals surface area contributed by atoms with Crippen molar-refractivity contribution in [3.05, 3.63) is 21.2 Å². The second-order valence-electron chi connectivity index (χ2n) is 12.7. The molecule has 0 aromatic heterocycles. The molecule has 0 aliphatic carbocycles. The predicted molar refractivity (Wildman–Crippen MR) is 151 cm³/mol. The Hall–Kier alpha value is -2.55. The van der Waals surface area contributed by atoms with Gasteiger partial charge in [0.05, 0.1) is 34.4 Å². The molecular weight excluding hydrogens is 576 g/mol. The number of hydrogen-bond acceptors (Lipinski definition) is 10. The van der Waals surface area contributed by atoms with E-state index in [4.69, 9.17) is 4.74 Å². The lowest BCUT2D eigenvalue weighted by Crippen LogP contribution is -2.60. The molecule has 2 amide bonds. The van der Waals surface area contributed by atoms with Gasteiger partial charge in [0, 0.05) is 4.91 Å². The van der Waals surface area contributed by atoms with Crippen LogP contribution in [0.1, 0.15) is 61.8 Å². The van der Waals surface area contributed by atoms with Gasteiger partial charge in [-0.05, 0) is 46.5 Å². The highest BCUT2D eigenvalue weighted by atomic mass is 32.2. The maximum absolute atomic E-state index is 12.0. The van der Waals surface area contributed by atoms with Crippen LogP contribution >= 0.6 is 23.5 Å². The number of esters is 1. The molecule has 4 aliphatic heterocycles. The van der Waals surface area contributed by atoms with Gasteiger partial charge in [0.1, 0.15) is 28.7 Å². The van der Waals surface area contributed by atoms with Crippen LogP contribution in [0.5, 0.6) is 0 Å². The number of thioether (sulfide) groups is 2. The molecule has 4 heterocycles. The fourth-order valence-corrected chi connectivity index (χ4v) is 8.19. The van der Waals surface area contributed by atoms with Crippen LogP contribution in [0.4, 0.5) is 0 Å². The molecule has 4 rings (SSSR count). The van der Waals surface area contributed by atoms with Gasteiger partial charge in [-0.25, -0.2) is 9.59 Å². The third-order valence-corrected chi connectivity index (χ3v) is 9.50. The van der Waals surface area contributed by atoms with Crippen LogP contribution in [0.2, 0.25) is 0 Å². The lowest BCUT2D eigenvalue weighted by molar-refractivity contribution is -0.157. The largest absolute Gasteiger partial charge is 0.477 e. The standard InChI is InChI=1S/C14H19NO6S.C13H19NO4S/c1-6(16)8-10(17)15-9(12(18)19)7(22-11(8)15)5-21-13(20)14(2,3)4;1-6(15)8-10(16)14-9(12(17)18)7(19-11(8)14)5-13(2,3)4/h6,8,11,16H,5H2,1-4H3,(H,18,19);6,8,11,15H,5H2,1-4H3,(H,17,18)/t2*6-,8+,11-/m11/s1. The van der Waals surface area contributed by atoms with E-state index in [9.17, 15) is 44.4 Å². The SMILES string of the molecule is C[C@@H](O)[C@H]1C(=O)N2C(C(=O)O)=C(CC(C)(C)C)S[C@H]12.C[C@@H](O)[C@H]1C(=O)N2C(C(=O)O)=C(COC(=O)C(C)(C)C)S[C@H]12. The summed E-state index contributed by atoms with van der Waals surface area (Å²) in [6.07, 6.45) is -0.982. The number of aliphatic carboxylic acids is 2. The Bertz CT molecular complexity index is 1210. The van der Waals surface area contributed by atoms with E-state index < -0.39 is 58.6 Å². The Morgan fingerprint density at radius 1 is 0.805 bits per heavy atom. The van der Waals surface area contributed by atoms with Gasteiger partial charge in [0.2, 0.25) is 11.8 Å².